The van der Waals surface area contributed by atoms with Crippen LogP contribution in [0.1, 0.15) is 5.56 Å². The Morgan fingerprint density at radius 3 is 3.38 bits per heavy atom. The number of aromatic nitrogens is 1. The van der Waals surface area contributed by atoms with Crippen LogP contribution in [0.15, 0.2) is 18.5 Å². The van der Waals surface area contributed by atoms with E-state index in [0.717, 1.165) is 26.1 Å². The van der Waals surface area contributed by atoms with Gasteiger partial charge in [-0.2, -0.15) is 0 Å². The van der Waals surface area contributed by atoms with Crippen molar-refractivity contribution in [1.29, 1.82) is 0 Å². The maximum Gasteiger partial charge on any atom is 0.0430 e. The topological polar surface area (TPSA) is 28.2 Å². The molecule has 13 heavy (non-hydrogen) atoms. The summed E-state index contributed by atoms with van der Waals surface area (Å²) in [6.45, 7) is 3.28. The third-order valence-electron chi connectivity index (χ3n) is 2.50. The number of likely N-dealkylation sites (N-methyl/N-ethyl adjacent to an activating group) is 1. The Labute approximate surface area is 78.8 Å². The zero-order valence-electron chi connectivity index (χ0n) is 7.95. The summed E-state index contributed by atoms with van der Waals surface area (Å²) in [7, 11) is 1.99. The smallest absolute Gasteiger partial charge is 0.0430 e. The van der Waals surface area contributed by atoms with Crippen molar-refractivity contribution in [3.63, 3.8) is 0 Å². The molecule has 0 unspecified atom stereocenters. The van der Waals surface area contributed by atoms with Crippen LogP contribution in [-0.4, -0.2) is 31.7 Å². The highest BCUT2D eigenvalue weighted by molar-refractivity contribution is 5.56. The molecule has 1 aromatic heterocycles. The molecule has 0 radical (unpaired) electrons. The van der Waals surface area contributed by atoms with Gasteiger partial charge in [0, 0.05) is 37.7 Å². The van der Waals surface area contributed by atoms with Crippen LogP contribution in [0.3, 0.4) is 0 Å². The molecule has 1 aliphatic rings. The number of fused-ring (bicyclic) bond motifs is 1. The minimum atomic E-state index is 1.04. The highest BCUT2D eigenvalue weighted by atomic mass is 15.2. The van der Waals surface area contributed by atoms with E-state index in [9.17, 15) is 0 Å². The lowest BCUT2D eigenvalue weighted by molar-refractivity contribution is 0.741. The lowest BCUT2D eigenvalue weighted by atomic mass is 10.2. The van der Waals surface area contributed by atoms with Crippen LogP contribution in [0.25, 0.3) is 0 Å². The van der Waals surface area contributed by atoms with Crippen LogP contribution < -0.4 is 10.2 Å². The summed E-state index contributed by atoms with van der Waals surface area (Å²) in [6.07, 6.45) is 5.00. The molecule has 0 amide bonds. The van der Waals surface area contributed by atoms with E-state index in [2.05, 4.69) is 21.3 Å². The Morgan fingerprint density at radius 2 is 2.54 bits per heavy atom. The van der Waals surface area contributed by atoms with E-state index in [4.69, 9.17) is 0 Å². The molecule has 0 aliphatic carbocycles. The normalized spacial score (nSPS) is 14.7. The molecule has 0 saturated carbocycles. The van der Waals surface area contributed by atoms with Crippen LogP contribution in [0.4, 0.5) is 5.69 Å². The van der Waals surface area contributed by atoms with Gasteiger partial charge in [0.05, 0.1) is 0 Å². The average Bonchev–Trinajstić information content (AvgIpc) is 2.58. The zero-order valence-corrected chi connectivity index (χ0v) is 7.95. The predicted octanol–water partition coefficient (Wildman–Crippen LogP) is 0.663. The summed E-state index contributed by atoms with van der Waals surface area (Å²) in [6, 6.07) is 2.11. The molecular weight excluding hydrogens is 162 g/mol. The van der Waals surface area contributed by atoms with Crippen LogP contribution >= 0.6 is 0 Å². The van der Waals surface area contributed by atoms with Crippen molar-refractivity contribution in [3.8, 4) is 0 Å². The molecule has 3 heteroatoms. The van der Waals surface area contributed by atoms with Gasteiger partial charge in [-0.3, -0.25) is 4.98 Å². The number of hydrogen-bond donors (Lipinski definition) is 1. The van der Waals surface area contributed by atoms with E-state index in [-0.39, 0.29) is 0 Å². The molecular formula is C10H15N3. The fraction of sp³-hybridized carbons (Fsp3) is 0.500. The highest BCUT2D eigenvalue weighted by Crippen LogP contribution is 2.25. The van der Waals surface area contributed by atoms with Gasteiger partial charge in [0.1, 0.15) is 0 Å². The van der Waals surface area contributed by atoms with Crippen molar-refractivity contribution in [1.82, 2.24) is 10.3 Å². The first-order chi connectivity index (χ1) is 6.42. The number of nitrogens with zero attached hydrogens (tertiary/aromatic N) is 2. The first kappa shape index (κ1) is 8.51. The first-order valence-corrected chi connectivity index (χ1v) is 4.74. The minimum Gasteiger partial charge on any atom is -0.370 e. The van der Waals surface area contributed by atoms with Crippen molar-refractivity contribution in [2.24, 2.45) is 0 Å². The first-order valence-electron chi connectivity index (χ1n) is 4.74. The maximum atomic E-state index is 4.13. The number of nitrogens with one attached hydrogen (secondary N) is 1. The Morgan fingerprint density at radius 1 is 1.62 bits per heavy atom. The highest BCUT2D eigenvalue weighted by Gasteiger charge is 2.17. The van der Waals surface area contributed by atoms with Gasteiger partial charge in [0.25, 0.3) is 0 Å². The molecule has 1 N–H and O–H groups in total. The molecule has 0 atom stereocenters. The molecule has 2 rings (SSSR count). The Bertz CT molecular complexity index is 285. The van der Waals surface area contributed by atoms with Crippen LogP contribution in [-0.2, 0) is 6.42 Å². The summed E-state index contributed by atoms with van der Waals surface area (Å²) in [5, 5.41) is 3.17. The molecule has 1 aromatic rings. The van der Waals surface area contributed by atoms with E-state index >= 15 is 0 Å². The van der Waals surface area contributed by atoms with Crippen molar-refractivity contribution in [2.75, 3.05) is 31.6 Å². The predicted molar refractivity (Wildman–Crippen MR) is 54.1 cm³/mol. The van der Waals surface area contributed by atoms with Crippen LogP contribution in [0.2, 0.25) is 0 Å². The van der Waals surface area contributed by atoms with Gasteiger partial charge in [-0.1, -0.05) is 0 Å². The number of anilines is 1. The fourth-order valence-electron chi connectivity index (χ4n) is 1.78. The number of hydrogen-bond acceptors (Lipinski definition) is 3. The second-order valence-electron chi connectivity index (χ2n) is 3.34. The number of rotatable bonds is 3. The standard InChI is InChI=1S/C10H15N3/c1-11-5-7-13-6-3-9-8-12-4-2-10(9)13/h2,4,8,11H,3,5-7H2,1H3. The summed E-state index contributed by atoms with van der Waals surface area (Å²) < 4.78 is 0. The van der Waals surface area contributed by atoms with Gasteiger partial charge >= 0.3 is 0 Å². The fourth-order valence-corrected chi connectivity index (χ4v) is 1.78. The Balaban J connectivity index is 2.09. The zero-order chi connectivity index (χ0) is 9.10. The van der Waals surface area contributed by atoms with Crippen LogP contribution in [0.5, 0.6) is 0 Å². The SMILES string of the molecule is CNCCN1CCc2cnccc21. The maximum absolute atomic E-state index is 4.13. The largest absolute Gasteiger partial charge is 0.370 e. The van der Waals surface area contributed by atoms with Gasteiger partial charge in [-0.25, -0.2) is 0 Å². The second-order valence-corrected chi connectivity index (χ2v) is 3.34. The summed E-state index contributed by atoms with van der Waals surface area (Å²) in [5.41, 5.74) is 2.75. The second kappa shape index (κ2) is 3.75. The van der Waals surface area contributed by atoms with Gasteiger partial charge in [-0.15, -0.1) is 0 Å². The van der Waals surface area contributed by atoms with Crippen molar-refractivity contribution < 1.29 is 0 Å². The van der Waals surface area contributed by atoms with E-state index in [1.165, 1.54) is 11.3 Å². The van der Waals surface area contributed by atoms with Gasteiger partial charge < -0.3 is 10.2 Å². The molecule has 70 valence electrons. The average molecular weight is 177 g/mol. The third-order valence-corrected chi connectivity index (χ3v) is 2.50. The van der Waals surface area contributed by atoms with Gasteiger partial charge in [-0.05, 0) is 25.1 Å². The molecule has 0 saturated heterocycles. The minimum absolute atomic E-state index is 1.04. The van der Waals surface area contributed by atoms with Crippen molar-refractivity contribution in [2.45, 2.75) is 6.42 Å². The summed E-state index contributed by atoms with van der Waals surface area (Å²) >= 11 is 0. The van der Waals surface area contributed by atoms with E-state index in [0.29, 0.717) is 0 Å². The van der Waals surface area contributed by atoms with Crippen LogP contribution in [0, 0.1) is 0 Å². The van der Waals surface area contributed by atoms with Crippen molar-refractivity contribution >= 4 is 5.69 Å². The van der Waals surface area contributed by atoms with E-state index in [1.807, 2.05) is 19.4 Å². The van der Waals surface area contributed by atoms with Gasteiger partial charge in [0.2, 0.25) is 0 Å². The summed E-state index contributed by atoms with van der Waals surface area (Å²) in [5.74, 6) is 0. The monoisotopic (exact) mass is 177 g/mol. The lowest BCUT2D eigenvalue weighted by Crippen LogP contribution is -2.29. The molecule has 0 fully saturated rings. The Kier molecular flexibility index (Phi) is 2.45. The molecule has 0 spiro atoms. The van der Waals surface area contributed by atoms with E-state index < -0.39 is 0 Å². The van der Waals surface area contributed by atoms with Gasteiger partial charge in [0.15, 0.2) is 0 Å². The molecule has 0 aromatic carbocycles. The molecule has 0 bridgehead atoms. The molecule has 3 nitrogen and oxygen atoms in total. The Hall–Kier alpha value is -1.09. The summed E-state index contributed by atoms with van der Waals surface area (Å²) in [4.78, 5) is 6.54. The lowest BCUT2D eigenvalue weighted by Gasteiger charge is -2.18. The molecule has 2 heterocycles. The van der Waals surface area contributed by atoms with E-state index in [1.54, 1.807) is 0 Å². The number of pyridine rings is 1. The quantitative estimate of drug-likeness (QED) is 0.735. The third kappa shape index (κ3) is 1.65. The molecule has 1 aliphatic heterocycles. The van der Waals surface area contributed by atoms with Crippen molar-refractivity contribution in [3.05, 3.63) is 24.0 Å².